The van der Waals surface area contributed by atoms with Crippen LogP contribution in [0.1, 0.15) is 44.8 Å². The van der Waals surface area contributed by atoms with Gasteiger partial charge in [-0.1, -0.05) is 17.9 Å². The van der Waals surface area contributed by atoms with E-state index in [2.05, 4.69) is 28.2 Å². The fraction of sp³-hybridized carbons (Fsp3) is 0.217. The molecule has 142 valence electrons. The lowest BCUT2D eigenvalue weighted by atomic mass is 10.1. The van der Waals surface area contributed by atoms with Crippen molar-refractivity contribution in [1.29, 1.82) is 0 Å². The molecule has 0 aliphatic heterocycles. The Balaban J connectivity index is 1.69. The fourth-order valence-electron chi connectivity index (χ4n) is 2.78. The van der Waals surface area contributed by atoms with Gasteiger partial charge >= 0.3 is 0 Å². The lowest BCUT2D eigenvalue weighted by Crippen LogP contribution is -2.11. The molecular formula is C23H23N3OS. The molecule has 0 fully saturated rings. The second-order valence-corrected chi connectivity index (χ2v) is 7.46. The molecule has 0 bridgehead atoms. The highest BCUT2D eigenvalue weighted by Gasteiger charge is 2.10. The molecular weight excluding hydrogens is 366 g/mol. The lowest BCUT2D eigenvalue weighted by molar-refractivity contribution is 0.103. The Morgan fingerprint density at radius 3 is 2.79 bits per heavy atom. The summed E-state index contributed by atoms with van der Waals surface area (Å²) in [5, 5.41) is 4.86. The molecule has 0 aliphatic carbocycles. The number of aromatic nitrogens is 1. The lowest BCUT2D eigenvalue weighted by Gasteiger charge is -2.05. The van der Waals surface area contributed by atoms with Gasteiger partial charge in [0.1, 0.15) is 0 Å². The maximum atomic E-state index is 12.4. The van der Waals surface area contributed by atoms with E-state index in [1.807, 2.05) is 48.8 Å². The highest BCUT2D eigenvalue weighted by molar-refractivity contribution is 7.12. The summed E-state index contributed by atoms with van der Waals surface area (Å²) in [5.74, 6) is 6.23. The van der Waals surface area contributed by atoms with Crippen molar-refractivity contribution < 1.29 is 4.79 Å². The van der Waals surface area contributed by atoms with E-state index in [4.69, 9.17) is 5.73 Å². The summed E-state index contributed by atoms with van der Waals surface area (Å²) in [7, 11) is 0. The normalized spacial score (nSPS) is 10.2. The van der Waals surface area contributed by atoms with E-state index < -0.39 is 0 Å². The van der Waals surface area contributed by atoms with E-state index in [0.29, 0.717) is 6.54 Å². The second kappa shape index (κ2) is 9.84. The summed E-state index contributed by atoms with van der Waals surface area (Å²) in [4.78, 5) is 17.4. The van der Waals surface area contributed by atoms with E-state index in [0.717, 1.165) is 46.5 Å². The first kappa shape index (κ1) is 19.8. The Morgan fingerprint density at radius 1 is 1.14 bits per heavy atom. The van der Waals surface area contributed by atoms with Crippen LogP contribution in [0.2, 0.25) is 0 Å². The Kier molecular flexibility index (Phi) is 6.96. The minimum absolute atomic E-state index is 0.0908. The van der Waals surface area contributed by atoms with Crippen LogP contribution in [-0.2, 0) is 6.42 Å². The van der Waals surface area contributed by atoms with Crippen molar-refractivity contribution in [2.45, 2.75) is 26.2 Å². The molecule has 1 aromatic carbocycles. The quantitative estimate of drug-likeness (QED) is 0.485. The largest absolute Gasteiger partial charge is 0.330 e. The summed E-state index contributed by atoms with van der Waals surface area (Å²) in [6, 6.07) is 11.6. The van der Waals surface area contributed by atoms with Crippen LogP contribution in [0, 0.1) is 18.8 Å². The van der Waals surface area contributed by atoms with Gasteiger partial charge in [0.2, 0.25) is 0 Å². The smallest absolute Gasteiger partial charge is 0.265 e. The van der Waals surface area contributed by atoms with Gasteiger partial charge in [0, 0.05) is 29.2 Å². The van der Waals surface area contributed by atoms with Crippen LogP contribution in [0.4, 0.5) is 5.69 Å². The van der Waals surface area contributed by atoms with E-state index in [1.165, 1.54) is 16.9 Å². The molecule has 0 unspecified atom stereocenters. The van der Waals surface area contributed by atoms with Gasteiger partial charge in [-0.3, -0.25) is 9.78 Å². The second-order valence-electron chi connectivity index (χ2n) is 6.55. The van der Waals surface area contributed by atoms with Gasteiger partial charge in [0.25, 0.3) is 5.91 Å². The highest BCUT2D eigenvalue weighted by atomic mass is 32.1. The van der Waals surface area contributed by atoms with Gasteiger partial charge in [-0.2, -0.15) is 0 Å². The zero-order valence-electron chi connectivity index (χ0n) is 15.9. The first-order valence-electron chi connectivity index (χ1n) is 9.27. The zero-order valence-corrected chi connectivity index (χ0v) is 16.7. The summed E-state index contributed by atoms with van der Waals surface area (Å²) >= 11 is 1.44. The first-order valence-corrected chi connectivity index (χ1v) is 10.1. The van der Waals surface area contributed by atoms with Gasteiger partial charge in [-0.25, -0.2) is 0 Å². The number of nitrogens with one attached hydrogen (secondary N) is 1. The van der Waals surface area contributed by atoms with Gasteiger partial charge in [-0.05, 0) is 79.6 Å². The number of amides is 1. The molecule has 1 amide bonds. The van der Waals surface area contributed by atoms with Crippen molar-refractivity contribution in [2.75, 3.05) is 11.9 Å². The number of nitrogens with zero attached hydrogens (tertiary/aromatic N) is 1. The molecule has 3 aromatic rings. The number of aryl methyl sites for hydroxylation is 2. The number of benzene rings is 1. The van der Waals surface area contributed by atoms with Crippen LogP contribution >= 0.6 is 11.3 Å². The van der Waals surface area contributed by atoms with Gasteiger partial charge in [-0.15, -0.1) is 11.3 Å². The average Bonchev–Trinajstić information content (AvgIpc) is 3.13. The van der Waals surface area contributed by atoms with Crippen molar-refractivity contribution in [3.63, 3.8) is 0 Å². The predicted octanol–water partition coefficient (Wildman–Crippen LogP) is 4.39. The number of anilines is 1. The molecule has 0 spiro atoms. The molecule has 0 radical (unpaired) electrons. The molecule has 0 saturated carbocycles. The van der Waals surface area contributed by atoms with Crippen LogP contribution in [-0.4, -0.2) is 17.4 Å². The predicted molar refractivity (Wildman–Crippen MR) is 116 cm³/mol. The zero-order chi connectivity index (χ0) is 19.8. The van der Waals surface area contributed by atoms with Crippen molar-refractivity contribution in [3.05, 3.63) is 81.3 Å². The Bertz CT molecular complexity index is 1010. The fourth-order valence-corrected chi connectivity index (χ4v) is 3.60. The van der Waals surface area contributed by atoms with Crippen LogP contribution in [0.5, 0.6) is 0 Å². The van der Waals surface area contributed by atoms with E-state index in [1.54, 1.807) is 6.20 Å². The van der Waals surface area contributed by atoms with Crippen LogP contribution < -0.4 is 11.1 Å². The molecule has 2 heterocycles. The Labute approximate surface area is 169 Å². The summed E-state index contributed by atoms with van der Waals surface area (Å²) in [6.45, 7) is 2.65. The number of pyridine rings is 1. The topological polar surface area (TPSA) is 68.0 Å². The van der Waals surface area contributed by atoms with Crippen molar-refractivity contribution in [2.24, 2.45) is 5.73 Å². The molecule has 5 heteroatoms. The van der Waals surface area contributed by atoms with Crippen LogP contribution in [0.15, 0.2) is 54.2 Å². The molecule has 0 atom stereocenters. The third-order valence-electron chi connectivity index (χ3n) is 4.25. The number of rotatable bonds is 6. The molecule has 28 heavy (non-hydrogen) atoms. The number of unbranched alkanes of at least 4 members (excludes halogenated alkanes) is 1. The van der Waals surface area contributed by atoms with Crippen molar-refractivity contribution in [1.82, 2.24) is 4.98 Å². The standard InChI is InChI=1S/C23H23N3OS/c1-17-10-12-28-22(17)23(27)26-21-7-4-6-18(14-21)8-9-20-13-19(15-25-16-20)5-2-3-11-24/h4,6-7,10,12-16H,2-3,5,11,24H2,1H3,(H,26,27). The van der Waals surface area contributed by atoms with Crippen molar-refractivity contribution >= 4 is 22.9 Å². The van der Waals surface area contributed by atoms with Gasteiger partial charge in [0.15, 0.2) is 0 Å². The maximum Gasteiger partial charge on any atom is 0.265 e. The first-order chi connectivity index (χ1) is 13.7. The average molecular weight is 390 g/mol. The highest BCUT2D eigenvalue weighted by Crippen LogP contribution is 2.18. The minimum Gasteiger partial charge on any atom is -0.330 e. The van der Waals surface area contributed by atoms with Crippen LogP contribution in [0.3, 0.4) is 0 Å². The third-order valence-corrected chi connectivity index (χ3v) is 5.27. The van der Waals surface area contributed by atoms with Gasteiger partial charge in [0.05, 0.1) is 4.88 Å². The molecule has 3 rings (SSSR count). The number of nitrogens with two attached hydrogens (primary N) is 1. The summed E-state index contributed by atoms with van der Waals surface area (Å²) in [6.07, 6.45) is 6.68. The van der Waals surface area contributed by atoms with Crippen molar-refractivity contribution in [3.8, 4) is 11.8 Å². The molecule has 4 nitrogen and oxygen atoms in total. The Hall–Kier alpha value is -2.94. The molecule has 0 aliphatic rings. The molecule has 2 aromatic heterocycles. The number of thiophene rings is 1. The molecule has 0 saturated heterocycles. The Morgan fingerprint density at radius 2 is 2.00 bits per heavy atom. The van der Waals surface area contributed by atoms with Gasteiger partial charge < -0.3 is 11.1 Å². The van der Waals surface area contributed by atoms with E-state index in [9.17, 15) is 4.79 Å². The monoisotopic (exact) mass is 389 g/mol. The number of hydrogen-bond acceptors (Lipinski definition) is 4. The number of carbonyl (C=O) groups excluding carboxylic acids is 1. The SMILES string of the molecule is Cc1ccsc1C(=O)Nc1cccc(C#Cc2cncc(CCCCN)c2)c1. The number of carbonyl (C=O) groups is 1. The minimum atomic E-state index is -0.0908. The number of hydrogen-bond donors (Lipinski definition) is 2. The summed E-state index contributed by atoms with van der Waals surface area (Å²) < 4.78 is 0. The molecule has 3 N–H and O–H groups in total. The van der Waals surface area contributed by atoms with E-state index >= 15 is 0 Å². The van der Waals surface area contributed by atoms with E-state index in [-0.39, 0.29) is 5.91 Å². The van der Waals surface area contributed by atoms with Crippen LogP contribution in [0.25, 0.3) is 0 Å². The maximum absolute atomic E-state index is 12.4. The third kappa shape index (κ3) is 5.53. The summed E-state index contributed by atoms with van der Waals surface area (Å²) in [5.41, 5.74) is 10.2.